The van der Waals surface area contributed by atoms with E-state index in [1.807, 2.05) is 35.3 Å². The van der Waals surface area contributed by atoms with Gasteiger partial charge in [0.2, 0.25) is 0 Å². The summed E-state index contributed by atoms with van der Waals surface area (Å²) in [6.45, 7) is 1.33. The first-order valence-electron chi connectivity index (χ1n) is 6.62. The van der Waals surface area contributed by atoms with Crippen LogP contribution in [0.3, 0.4) is 0 Å². The number of hydrogen-bond acceptors (Lipinski definition) is 6. The summed E-state index contributed by atoms with van der Waals surface area (Å²) in [6, 6.07) is 5.84. The summed E-state index contributed by atoms with van der Waals surface area (Å²) in [6.07, 6.45) is 2.66. The van der Waals surface area contributed by atoms with Gasteiger partial charge in [-0.3, -0.25) is 4.98 Å². The standard InChI is InChI=1S/C14H17N3OS2/c18-14(4-6-19-10-14)9-15-7-11-8-20-13(17-11)12-3-1-2-5-16-12/h1-3,5,8,15,18H,4,6-7,9-10H2. The smallest absolute Gasteiger partial charge is 0.142 e. The summed E-state index contributed by atoms with van der Waals surface area (Å²) in [5, 5.41) is 16.5. The molecule has 0 saturated carbocycles. The van der Waals surface area contributed by atoms with Crippen LogP contribution in [-0.4, -0.2) is 38.7 Å². The fourth-order valence-electron chi connectivity index (χ4n) is 2.15. The van der Waals surface area contributed by atoms with E-state index in [1.165, 1.54) is 0 Å². The summed E-state index contributed by atoms with van der Waals surface area (Å²) >= 11 is 3.42. The normalized spacial score (nSPS) is 22.2. The summed E-state index contributed by atoms with van der Waals surface area (Å²) in [5.41, 5.74) is 1.38. The molecule has 1 aliphatic heterocycles. The van der Waals surface area contributed by atoms with Crippen LogP contribution in [0.1, 0.15) is 12.1 Å². The van der Waals surface area contributed by atoms with Crippen molar-refractivity contribution in [2.24, 2.45) is 0 Å². The Balaban J connectivity index is 1.55. The van der Waals surface area contributed by atoms with Crippen LogP contribution in [0, 0.1) is 0 Å². The van der Waals surface area contributed by atoms with E-state index in [-0.39, 0.29) is 0 Å². The van der Waals surface area contributed by atoms with E-state index in [0.29, 0.717) is 13.1 Å². The summed E-state index contributed by atoms with van der Waals surface area (Å²) in [7, 11) is 0. The van der Waals surface area contributed by atoms with Crippen LogP contribution < -0.4 is 5.32 Å². The topological polar surface area (TPSA) is 58.0 Å². The number of thioether (sulfide) groups is 1. The molecule has 0 aromatic carbocycles. The first kappa shape index (κ1) is 14.0. The van der Waals surface area contributed by atoms with E-state index in [9.17, 15) is 5.11 Å². The van der Waals surface area contributed by atoms with Gasteiger partial charge in [-0.05, 0) is 24.3 Å². The number of rotatable bonds is 5. The number of nitrogens with zero attached hydrogens (tertiary/aromatic N) is 2. The van der Waals surface area contributed by atoms with Crippen molar-refractivity contribution in [3.05, 3.63) is 35.5 Å². The van der Waals surface area contributed by atoms with Crippen molar-refractivity contribution < 1.29 is 5.11 Å². The van der Waals surface area contributed by atoms with Crippen LogP contribution in [0.4, 0.5) is 0 Å². The third kappa shape index (κ3) is 3.38. The van der Waals surface area contributed by atoms with Crippen LogP contribution in [0.2, 0.25) is 0 Å². The summed E-state index contributed by atoms with van der Waals surface area (Å²) in [5.74, 6) is 1.88. The fourth-order valence-corrected chi connectivity index (χ4v) is 4.24. The molecule has 0 aliphatic carbocycles. The minimum atomic E-state index is -0.537. The largest absolute Gasteiger partial charge is 0.388 e. The molecule has 0 radical (unpaired) electrons. The minimum Gasteiger partial charge on any atom is -0.388 e. The molecular weight excluding hydrogens is 290 g/mol. The Morgan fingerprint density at radius 1 is 1.40 bits per heavy atom. The van der Waals surface area contributed by atoms with Crippen LogP contribution in [0.5, 0.6) is 0 Å². The average Bonchev–Trinajstić information content (AvgIpc) is 3.10. The Bertz CT molecular complexity index is 553. The highest BCUT2D eigenvalue weighted by Gasteiger charge is 2.31. The van der Waals surface area contributed by atoms with E-state index >= 15 is 0 Å². The predicted octanol–water partition coefficient (Wildman–Crippen LogP) is 2.16. The van der Waals surface area contributed by atoms with Gasteiger partial charge in [-0.1, -0.05) is 6.07 Å². The van der Waals surface area contributed by atoms with Gasteiger partial charge in [0.15, 0.2) is 0 Å². The van der Waals surface area contributed by atoms with Gasteiger partial charge in [0, 0.05) is 30.4 Å². The molecule has 2 N–H and O–H groups in total. The van der Waals surface area contributed by atoms with Crippen molar-refractivity contribution in [2.45, 2.75) is 18.6 Å². The number of nitrogens with one attached hydrogen (secondary N) is 1. The van der Waals surface area contributed by atoms with Gasteiger partial charge < -0.3 is 10.4 Å². The minimum absolute atomic E-state index is 0.537. The van der Waals surface area contributed by atoms with E-state index < -0.39 is 5.60 Å². The Labute approximate surface area is 126 Å². The maximum atomic E-state index is 10.2. The molecule has 1 aliphatic rings. The second kappa shape index (κ2) is 6.22. The molecule has 0 bridgehead atoms. The van der Waals surface area contributed by atoms with Crippen molar-refractivity contribution in [1.82, 2.24) is 15.3 Å². The maximum absolute atomic E-state index is 10.2. The zero-order chi connectivity index (χ0) is 13.8. The van der Waals surface area contributed by atoms with Crippen LogP contribution in [-0.2, 0) is 6.54 Å². The molecule has 1 fully saturated rings. The van der Waals surface area contributed by atoms with E-state index in [1.54, 1.807) is 17.5 Å². The van der Waals surface area contributed by atoms with Gasteiger partial charge in [0.05, 0.1) is 17.0 Å². The molecule has 0 spiro atoms. The Hall–Kier alpha value is -0.950. The average molecular weight is 307 g/mol. The molecular formula is C14H17N3OS2. The molecule has 6 heteroatoms. The Morgan fingerprint density at radius 2 is 2.35 bits per heavy atom. The van der Waals surface area contributed by atoms with E-state index in [2.05, 4.69) is 15.3 Å². The van der Waals surface area contributed by atoms with Gasteiger partial charge in [-0.2, -0.15) is 11.8 Å². The molecule has 1 saturated heterocycles. The van der Waals surface area contributed by atoms with Gasteiger partial charge in [-0.15, -0.1) is 11.3 Å². The first-order chi connectivity index (χ1) is 9.75. The van der Waals surface area contributed by atoms with E-state index in [4.69, 9.17) is 0 Å². The van der Waals surface area contributed by atoms with Gasteiger partial charge >= 0.3 is 0 Å². The van der Waals surface area contributed by atoms with Crippen LogP contribution in [0.25, 0.3) is 10.7 Å². The lowest BCUT2D eigenvalue weighted by molar-refractivity contribution is 0.0674. The summed E-state index contributed by atoms with van der Waals surface area (Å²) in [4.78, 5) is 8.88. The highest BCUT2D eigenvalue weighted by atomic mass is 32.2. The summed E-state index contributed by atoms with van der Waals surface area (Å²) < 4.78 is 0. The molecule has 2 aromatic heterocycles. The fraction of sp³-hybridized carbons (Fsp3) is 0.429. The molecule has 3 heterocycles. The number of aliphatic hydroxyl groups is 1. The van der Waals surface area contributed by atoms with Crippen LogP contribution >= 0.6 is 23.1 Å². The number of hydrogen-bond donors (Lipinski definition) is 2. The molecule has 3 rings (SSSR count). The lowest BCUT2D eigenvalue weighted by Crippen LogP contribution is -2.40. The molecule has 20 heavy (non-hydrogen) atoms. The Kier molecular flexibility index (Phi) is 4.35. The number of aromatic nitrogens is 2. The molecule has 106 valence electrons. The van der Waals surface area contributed by atoms with Crippen LogP contribution in [0.15, 0.2) is 29.8 Å². The lowest BCUT2D eigenvalue weighted by atomic mass is 10.0. The zero-order valence-electron chi connectivity index (χ0n) is 11.1. The third-order valence-corrected chi connectivity index (χ3v) is 5.43. The van der Waals surface area contributed by atoms with Crippen molar-refractivity contribution in [3.8, 4) is 10.7 Å². The zero-order valence-corrected chi connectivity index (χ0v) is 12.7. The quantitative estimate of drug-likeness (QED) is 0.886. The highest BCUT2D eigenvalue weighted by molar-refractivity contribution is 7.99. The molecule has 1 atom stereocenters. The maximum Gasteiger partial charge on any atom is 0.142 e. The monoisotopic (exact) mass is 307 g/mol. The van der Waals surface area contributed by atoms with E-state index in [0.717, 1.165) is 34.3 Å². The second-order valence-electron chi connectivity index (χ2n) is 4.99. The molecule has 4 nitrogen and oxygen atoms in total. The molecule has 1 unspecified atom stereocenters. The molecule has 0 amide bonds. The Morgan fingerprint density at radius 3 is 3.10 bits per heavy atom. The van der Waals surface area contributed by atoms with Gasteiger partial charge in [0.1, 0.15) is 5.01 Å². The van der Waals surface area contributed by atoms with Crippen molar-refractivity contribution in [2.75, 3.05) is 18.1 Å². The lowest BCUT2D eigenvalue weighted by Gasteiger charge is -2.21. The number of pyridine rings is 1. The molecule has 2 aromatic rings. The predicted molar refractivity (Wildman–Crippen MR) is 83.9 cm³/mol. The van der Waals surface area contributed by atoms with Crippen molar-refractivity contribution >= 4 is 23.1 Å². The van der Waals surface area contributed by atoms with Crippen molar-refractivity contribution in [3.63, 3.8) is 0 Å². The highest BCUT2D eigenvalue weighted by Crippen LogP contribution is 2.27. The van der Waals surface area contributed by atoms with Gasteiger partial charge in [-0.25, -0.2) is 4.98 Å². The van der Waals surface area contributed by atoms with Crippen molar-refractivity contribution in [1.29, 1.82) is 0 Å². The van der Waals surface area contributed by atoms with Gasteiger partial charge in [0.25, 0.3) is 0 Å². The second-order valence-corrected chi connectivity index (χ2v) is 6.95. The number of thiazole rings is 1. The first-order valence-corrected chi connectivity index (χ1v) is 8.65. The third-order valence-electron chi connectivity index (χ3n) is 3.28. The SMILES string of the molecule is OC1(CNCc2csc(-c3ccccn3)n2)CCSC1.